The molecule has 1 aliphatic heterocycles. The first-order valence-corrected chi connectivity index (χ1v) is 9.53. The van der Waals surface area contributed by atoms with E-state index in [-0.39, 0.29) is 0 Å². The Morgan fingerprint density at radius 2 is 1.45 bits per heavy atom. The van der Waals surface area contributed by atoms with Crippen LogP contribution in [0.5, 0.6) is 0 Å². The second-order valence-electron chi connectivity index (χ2n) is 7.06. The molecule has 0 aromatic carbocycles. The van der Waals surface area contributed by atoms with Gasteiger partial charge in [-0.15, -0.1) is 0 Å². The van der Waals surface area contributed by atoms with Crippen molar-refractivity contribution < 1.29 is 14.2 Å². The molecule has 3 heteroatoms. The Morgan fingerprint density at radius 3 is 2.00 bits per heavy atom. The zero-order valence-corrected chi connectivity index (χ0v) is 15.1. The van der Waals surface area contributed by atoms with Gasteiger partial charge in [0.1, 0.15) is 0 Å². The van der Waals surface area contributed by atoms with Crippen LogP contribution in [0, 0.1) is 5.92 Å². The molecule has 132 valence electrons. The summed E-state index contributed by atoms with van der Waals surface area (Å²) in [5.74, 6) is 0.806. The number of ether oxygens (including phenoxy) is 3. The summed E-state index contributed by atoms with van der Waals surface area (Å²) in [7, 11) is 0. The lowest BCUT2D eigenvalue weighted by Gasteiger charge is -2.14. The molecular weight excluding hydrogens is 276 g/mol. The zero-order valence-electron chi connectivity index (χ0n) is 15.1. The SMILES string of the molecule is CCCCCCOC[C@@H]1CC[C@@H](COCCCCC(C)C)O1. The van der Waals surface area contributed by atoms with Crippen molar-refractivity contribution in [2.75, 3.05) is 26.4 Å². The largest absolute Gasteiger partial charge is 0.379 e. The van der Waals surface area contributed by atoms with Crippen molar-refractivity contribution in [1.29, 1.82) is 0 Å². The van der Waals surface area contributed by atoms with E-state index in [4.69, 9.17) is 14.2 Å². The molecule has 0 radical (unpaired) electrons. The molecule has 1 aliphatic rings. The fourth-order valence-electron chi connectivity index (χ4n) is 2.84. The molecule has 1 heterocycles. The molecule has 0 aliphatic carbocycles. The number of hydrogen-bond acceptors (Lipinski definition) is 3. The Morgan fingerprint density at radius 1 is 0.864 bits per heavy atom. The van der Waals surface area contributed by atoms with Crippen LogP contribution < -0.4 is 0 Å². The van der Waals surface area contributed by atoms with Crippen LogP contribution in [-0.2, 0) is 14.2 Å². The molecule has 0 saturated carbocycles. The molecule has 2 atom stereocenters. The quantitative estimate of drug-likeness (QED) is 0.423. The van der Waals surface area contributed by atoms with Crippen molar-refractivity contribution in [1.82, 2.24) is 0 Å². The molecule has 0 aromatic rings. The minimum Gasteiger partial charge on any atom is -0.379 e. The summed E-state index contributed by atoms with van der Waals surface area (Å²) in [6.07, 6.45) is 11.7. The van der Waals surface area contributed by atoms with Crippen LogP contribution in [-0.4, -0.2) is 38.6 Å². The Labute approximate surface area is 138 Å². The topological polar surface area (TPSA) is 27.7 Å². The first-order valence-electron chi connectivity index (χ1n) is 9.53. The third-order valence-electron chi connectivity index (χ3n) is 4.27. The van der Waals surface area contributed by atoms with Gasteiger partial charge in [0.05, 0.1) is 25.4 Å². The van der Waals surface area contributed by atoms with Gasteiger partial charge in [-0.25, -0.2) is 0 Å². The molecule has 1 saturated heterocycles. The van der Waals surface area contributed by atoms with Crippen molar-refractivity contribution in [2.24, 2.45) is 5.92 Å². The standard InChI is InChI=1S/C19H38O3/c1-4-5-6-8-13-20-15-18-11-12-19(22-18)16-21-14-9-7-10-17(2)3/h17-19H,4-16H2,1-3H3/t18-,19-/m0/s1. The summed E-state index contributed by atoms with van der Waals surface area (Å²) < 4.78 is 17.5. The Balaban J connectivity index is 1.88. The van der Waals surface area contributed by atoms with Gasteiger partial charge in [-0.2, -0.15) is 0 Å². The summed E-state index contributed by atoms with van der Waals surface area (Å²) in [5.41, 5.74) is 0. The van der Waals surface area contributed by atoms with E-state index >= 15 is 0 Å². The maximum absolute atomic E-state index is 5.98. The van der Waals surface area contributed by atoms with Gasteiger partial charge in [-0.05, 0) is 31.6 Å². The van der Waals surface area contributed by atoms with Crippen LogP contribution in [0.1, 0.15) is 78.6 Å². The van der Waals surface area contributed by atoms with Crippen molar-refractivity contribution >= 4 is 0 Å². The Hall–Kier alpha value is -0.120. The van der Waals surface area contributed by atoms with E-state index in [9.17, 15) is 0 Å². The third-order valence-corrected chi connectivity index (χ3v) is 4.27. The minimum atomic E-state index is 0.291. The van der Waals surface area contributed by atoms with Gasteiger partial charge in [-0.3, -0.25) is 0 Å². The summed E-state index contributed by atoms with van der Waals surface area (Å²) in [5, 5.41) is 0. The highest BCUT2D eigenvalue weighted by Gasteiger charge is 2.25. The highest BCUT2D eigenvalue weighted by atomic mass is 16.6. The molecule has 0 aromatic heterocycles. The molecule has 0 unspecified atom stereocenters. The summed E-state index contributed by atoms with van der Waals surface area (Å²) in [4.78, 5) is 0. The predicted octanol–water partition coefficient (Wildman–Crippen LogP) is 4.97. The highest BCUT2D eigenvalue weighted by molar-refractivity contribution is 4.73. The maximum Gasteiger partial charge on any atom is 0.0814 e. The fraction of sp³-hybridized carbons (Fsp3) is 1.00. The van der Waals surface area contributed by atoms with E-state index < -0.39 is 0 Å². The van der Waals surface area contributed by atoms with Crippen LogP contribution in [0.15, 0.2) is 0 Å². The van der Waals surface area contributed by atoms with Gasteiger partial charge in [-0.1, -0.05) is 52.9 Å². The van der Waals surface area contributed by atoms with Gasteiger partial charge in [0.15, 0.2) is 0 Å². The van der Waals surface area contributed by atoms with Crippen LogP contribution in [0.25, 0.3) is 0 Å². The average molecular weight is 315 g/mol. The Kier molecular flexibility index (Phi) is 12.1. The van der Waals surface area contributed by atoms with Gasteiger partial charge in [0.2, 0.25) is 0 Å². The number of hydrogen-bond donors (Lipinski definition) is 0. The molecule has 0 amide bonds. The monoisotopic (exact) mass is 314 g/mol. The van der Waals surface area contributed by atoms with Crippen molar-refractivity contribution in [3.63, 3.8) is 0 Å². The van der Waals surface area contributed by atoms with Gasteiger partial charge >= 0.3 is 0 Å². The maximum atomic E-state index is 5.98. The van der Waals surface area contributed by atoms with Gasteiger partial charge < -0.3 is 14.2 Å². The average Bonchev–Trinajstić information content (AvgIpc) is 2.94. The van der Waals surface area contributed by atoms with Crippen LogP contribution in [0.3, 0.4) is 0 Å². The second-order valence-corrected chi connectivity index (χ2v) is 7.06. The fourth-order valence-corrected chi connectivity index (χ4v) is 2.84. The molecule has 1 rings (SSSR count). The summed E-state index contributed by atoms with van der Waals surface area (Å²) >= 11 is 0. The van der Waals surface area contributed by atoms with Crippen molar-refractivity contribution in [3.05, 3.63) is 0 Å². The van der Waals surface area contributed by atoms with E-state index in [1.165, 1.54) is 44.9 Å². The molecular formula is C19H38O3. The summed E-state index contributed by atoms with van der Waals surface area (Å²) in [6, 6.07) is 0. The summed E-state index contributed by atoms with van der Waals surface area (Å²) in [6.45, 7) is 10.1. The van der Waals surface area contributed by atoms with E-state index in [0.29, 0.717) is 12.2 Å². The first-order chi connectivity index (χ1) is 10.7. The Bertz CT molecular complexity index is 243. The van der Waals surface area contributed by atoms with E-state index in [1.807, 2.05) is 0 Å². The minimum absolute atomic E-state index is 0.291. The number of rotatable bonds is 14. The lowest BCUT2D eigenvalue weighted by atomic mass is 10.1. The molecule has 3 nitrogen and oxygen atoms in total. The third kappa shape index (κ3) is 10.6. The van der Waals surface area contributed by atoms with Crippen molar-refractivity contribution in [3.8, 4) is 0 Å². The van der Waals surface area contributed by atoms with Gasteiger partial charge in [0, 0.05) is 13.2 Å². The highest BCUT2D eigenvalue weighted by Crippen LogP contribution is 2.20. The lowest BCUT2D eigenvalue weighted by molar-refractivity contribution is -0.0461. The smallest absolute Gasteiger partial charge is 0.0814 e. The zero-order chi connectivity index (χ0) is 16.0. The lowest BCUT2D eigenvalue weighted by Crippen LogP contribution is -2.20. The predicted molar refractivity (Wildman–Crippen MR) is 92.4 cm³/mol. The first kappa shape index (κ1) is 19.9. The molecule has 22 heavy (non-hydrogen) atoms. The van der Waals surface area contributed by atoms with E-state index in [2.05, 4.69) is 20.8 Å². The van der Waals surface area contributed by atoms with Crippen LogP contribution in [0.2, 0.25) is 0 Å². The molecule has 0 bridgehead atoms. The van der Waals surface area contributed by atoms with Gasteiger partial charge in [0.25, 0.3) is 0 Å². The second kappa shape index (κ2) is 13.3. The molecule has 1 fully saturated rings. The van der Waals surface area contributed by atoms with E-state index in [1.54, 1.807) is 0 Å². The normalized spacial score (nSPS) is 21.8. The number of unbranched alkanes of at least 4 members (excludes halogenated alkanes) is 4. The molecule has 0 spiro atoms. The van der Waals surface area contributed by atoms with Crippen molar-refractivity contribution in [2.45, 2.75) is 90.8 Å². The van der Waals surface area contributed by atoms with Crippen LogP contribution in [0.4, 0.5) is 0 Å². The van der Waals surface area contributed by atoms with Crippen LogP contribution >= 0.6 is 0 Å². The molecule has 0 N–H and O–H groups in total. The van der Waals surface area contributed by atoms with E-state index in [0.717, 1.165) is 45.2 Å².